The number of rotatable bonds is 3. The molecule has 0 atom stereocenters. The molecule has 3 N–H and O–H groups in total. The van der Waals surface area contributed by atoms with Crippen LogP contribution in [0.15, 0.2) is 12.1 Å². The molecule has 1 rings (SSSR count). The third-order valence-electron chi connectivity index (χ3n) is 1.89. The van der Waals surface area contributed by atoms with Gasteiger partial charge in [-0.25, -0.2) is 4.98 Å². The van der Waals surface area contributed by atoms with Gasteiger partial charge in [-0.1, -0.05) is 6.92 Å². The van der Waals surface area contributed by atoms with E-state index in [1.807, 2.05) is 6.92 Å². The minimum Gasteiger partial charge on any atom is -0.493 e. The maximum absolute atomic E-state index is 9.09. The zero-order chi connectivity index (χ0) is 10.6. The minimum atomic E-state index is -0.00505. The third-order valence-corrected chi connectivity index (χ3v) is 1.89. The van der Waals surface area contributed by atoms with Crippen molar-refractivity contribution in [2.24, 2.45) is 0 Å². The van der Waals surface area contributed by atoms with Gasteiger partial charge in [-0.15, -0.1) is 0 Å². The number of hydrogen-bond acceptors (Lipinski definition) is 3. The Hall–Kier alpha value is -1.58. The van der Waals surface area contributed by atoms with Crippen molar-refractivity contribution in [1.82, 2.24) is 10.3 Å². The van der Waals surface area contributed by atoms with Gasteiger partial charge in [0.25, 0.3) is 0 Å². The molecule has 0 unspecified atom stereocenters. The van der Waals surface area contributed by atoms with E-state index in [1.54, 1.807) is 13.0 Å². The molecule has 0 amide bonds. The van der Waals surface area contributed by atoms with Gasteiger partial charge in [0.05, 0.1) is 5.69 Å². The summed E-state index contributed by atoms with van der Waals surface area (Å²) in [5, 5.41) is 19.8. The molecule has 0 aliphatic carbocycles. The van der Waals surface area contributed by atoms with Gasteiger partial charge in [0, 0.05) is 18.2 Å². The number of aryl methyl sites for hydroxylation is 1. The lowest BCUT2D eigenvalue weighted by atomic mass is 10.2. The highest BCUT2D eigenvalue weighted by Crippen LogP contribution is 2.10. The van der Waals surface area contributed by atoms with Crippen molar-refractivity contribution in [3.05, 3.63) is 23.4 Å². The molecule has 0 spiro atoms. The highest BCUT2D eigenvalue weighted by molar-refractivity contribution is 5.97. The van der Waals surface area contributed by atoms with Crippen LogP contribution in [0.1, 0.15) is 24.6 Å². The summed E-state index contributed by atoms with van der Waals surface area (Å²) in [5.74, 6) is 0.353. The second kappa shape index (κ2) is 4.60. The molecule has 1 aromatic rings. The fourth-order valence-corrected chi connectivity index (χ4v) is 1.16. The molecule has 1 heterocycles. The predicted octanol–water partition coefficient (Wildman–Crippen LogP) is 1.42. The monoisotopic (exact) mass is 193 g/mol. The van der Waals surface area contributed by atoms with E-state index in [-0.39, 0.29) is 5.88 Å². The van der Waals surface area contributed by atoms with E-state index in [2.05, 4.69) is 10.3 Å². The first-order valence-corrected chi connectivity index (χ1v) is 4.64. The Morgan fingerprint density at radius 1 is 1.57 bits per heavy atom. The van der Waals surface area contributed by atoms with E-state index >= 15 is 0 Å². The molecule has 0 aliphatic rings. The van der Waals surface area contributed by atoms with Crippen LogP contribution >= 0.6 is 0 Å². The Morgan fingerprint density at radius 3 is 2.86 bits per heavy atom. The Balaban J connectivity index is 2.80. The SMILES string of the molecule is CCCNC(=N)c1ccc(O)nc1C. The van der Waals surface area contributed by atoms with Gasteiger partial charge in [-0.2, -0.15) is 0 Å². The first-order chi connectivity index (χ1) is 6.65. The summed E-state index contributed by atoms with van der Waals surface area (Å²) in [6, 6.07) is 3.19. The predicted molar refractivity (Wildman–Crippen MR) is 55.8 cm³/mol. The Morgan fingerprint density at radius 2 is 2.29 bits per heavy atom. The van der Waals surface area contributed by atoms with Gasteiger partial charge in [-0.05, 0) is 19.4 Å². The lowest BCUT2D eigenvalue weighted by Crippen LogP contribution is -2.25. The molecule has 1 aromatic heterocycles. The number of amidine groups is 1. The van der Waals surface area contributed by atoms with Crippen molar-refractivity contribution < 1.29 is 5.11 Å². The van der Waals surface area contributed by atoms with Crippen LogP contribution in [0.4, 0.5) is 0 Å². The van der Waals surface area contributed by atoms with Crippen LogP contribution < -0.4 is 5.32 Å². The van der Waals surface area contributed by atoms with Gasteiger partial charge in [0.1, 0.15) is 5.84 Å². The van der Waals surface area contributed by atoms with Crippen LogP contribution in [0, 0.1) is 12.3 Å². The van der Waals surface area contributed by atoms with Gasteiger partial charge >= 0.3 is 0 Å². The van der Waals surface area contributed by atoms with Gasteiger partial charge in [0.2, 0.25) is 5.88 Å². The number of hydrogen-bond donors (Lipinski definition) is 3. The van der Waals surface area contributed by atoms with E-state index in [0.29, 0.717) is 11.5 Å². The van der Waals surface area contributed by atoms with E-state index in [9.17, 15) is 0 Å². The minimum absolute atomic E-state index is 0.00505. The van der Waals surface area contributed by atoms with Gasteiger partial charge < -0.3 is 10.4 Å². The quantitative estimate of drug-likeness (QED) is 0.502. The van der Waals surface area contributed by atoms with Gasteiger partial charge in [0.15, 0.2) is 0 Å². The van der Waals surface area contributed by atoms with Crippen molar-refractivity contribution in [2.45, 2.75) is 20.3 Å². The van der Waals surface area contributed by atoms with E-state index < -0.39 is 0 Å². The Labute approximate surface area is 83.5 Å². The Bertz CT molecular complexity index is 336. The molecule has 4 nitrogen and oxygen atoms in total. The average molecular weight is 193 g/mol. The number of aromatic nitrogens is 1. The highest BCUT2D eigenvalue weighted by atomic mass is 16.3. The van der Waals surface area contributed by atoms with Gasteiger partial charge in [-0.3, -0.25) is 5.41 Å². The van der Waals surface area contributed by atoms with Crippen LogP contribution in [0.2, 0.25) is 0 Å². The molecule has 0 fully saturated rings. The maximum atomic E-state index is 9.09. The lowest BCUT2D eigenvalue weighted by Gasteiger charge is -2.08. The summed E-state index contributed by atoms with van der Waals surface area (Å²) in [4.78, 5) is 3.88. The molecule has 0 radical (unpaired) electrons. The number of nitrogens with one attached hydrogen (secondary N) is 2. The number of aromatic hydroxyl groups is 1. The van der Waals surface area contributed by atoms with Crippen molar-refractivity contribution in [3.8, 4) is 5.88 Å². The Kier molecular flexibility index (Phi) is 3.45. The van der Waals surface area contributed by atoms with Crippen LogP contribution in [0.5, 0.6) is 5.88 Å². The van der Waals surface area contributed by atoms with Crippen LogP contribution in [-0.2, 0) is 0 Å². The summed E-state index contributed by atoms with van der Waals surface area (Å²) < 4.78 is 0. The molecule has 0 saturated carbocycles. The van der Waals surface area contributed by atoms with E-state index in [1.165, 1.54) is 6.07 Å². The fourth-order valence-electron chi connectivity index (χ4n) is 1.16. The fraction of sp³-hybridized carbons (Fsp3) is 0.400. The normalized spacial score (nSPS) is 9.86. The van der Waals surface area contributed by atoms with E-state index in [4.69, 9.17) is 10.5 Å². The molecular weight excluding hydrogens is 178 g/mol. The summed E-state index contributed by atoms with van der Waals surface area (Å²) in [7, 11) is 0. The van der Waals surface area contributed by atoms with Crippen LogP contribution in [-0.4, -0.2) is 22.5 Å². The summed E-state index contributed by atoms with van der Waals surface area (Å²) in [5.41, 5.74) is 1.40. The van der Waals surface area contributed by atoms with Crippen molar-refractivity contribution in [2.75, 3.05) is 6.54 Å². The topological polar surface area (TPSA) is 69.0 Å². The van der Waals surface area contributed by atoms with E-state index in [0.717, 1.165) is 18.5 Å². The zero-order valence-corrected chi connectivity index (χ0v) is 8.46. The number of pyridine rings is 1. The molecule has 4 heteroatoms. The van der Waals surface area contributed by atoms with Crippen molar-refractivity contribution in [3.63, 3.8) is 0 Å². The lowest BCUT2D eigenvalue weighted by molar-refractivity contribution is 0.452. The molecule has 14 heavy (non-hydrogen) atoms. The smallest absolute Gasteiger partial charge is 0.210 e. The summed E-state index contributed by atoms with van der Waals surface area (Å²) >= 11 is 0. The molecule has 0 saturated heterocycles. The second-order valence-electron chi connectivity index (χ2n) is 3.10. The number of nitrogens with zero attached hydrogens (tertiary/aromatic N) is 1. The molecule has 76 valence electrons. The van der Waals surface area contributed by atoms with Crippen molar-refractivity contribution in [1.29, 1.82) is 5.41 Å². The summed E-state index contributed by atoms with van der Waals surface area (Å²) in [6.45, 7) is 4.60. The standard InChI is InChI=1S/C10H15N3O/c1-3-6-12-10(11)8-4-5-9(14)13-7(8)2/h4-5H,3,6H2,1-2H3,(H2,11,12)(H,13,14). The molecule has 0 aliphatic heterocycles. The first-order valence-electron chi connectivity index (χ1n) is 4.64. The first kappa shape index (κ1) is 10.5. The molecular formula is C10H15N3O. The average Bonchev–Trinajstić information content (AvgIpc) is 2.14. The molecule has 0 bridgehead atoms. The van der Waals surface area contributed by atoms with Crippen molar-refractivity contribution >= 4 is 5.84 Å². The third kappa shape index (κ3) is 2.45. The largest absolute Gasteiger partial charge is 0.493 e. The van der Waals surface area contributed by atoms with Crippen LogP contribution in [0.25, 0.3) is 0 Å². The molecule has 0 aromatic carbocycles. The second-order valence-corrected chi connectivity index (χ2v) is 3.10. The zero-order valence-electron chi connectivity index (χ0n) is 8.46. The maximum Gasteiger partial charge on any atom is 0.210 e. The van der Waals surface area contributed by atoms with Crippen LogP contribution in [0.3, 0.4) is 0 Å². The highest BCUT2D eigenvalue weighted by Gasteiger charge is 2.05. The summed E-state index contributed by atoms with van der Waals surface area (Å²) in [6.07, 6.45) is 0.979.